The van der Waals surface area contributed by atoms with Crippen molar-refractivity contribution in [3.63, 3.8) is 0 Å². The van der Waals surface area contributed by atoms with Crippen LogP contribution in [0.3, 0.4) is 0 Å². The molecule has 0 aromatic heterocycles. The van der Waals surface area contributed by atoms with Crippen LogP contribution in [0.4, 0.5) is 13.2 Å². The molecule has 0 amide bonds. The monoisotopic (exact) mass is 325 g/mol. The highest BCUT2D eigenvalue weighted by atomic mass is 35.5. The van der Waals surface area contributed by atoms with Gasteiger partial charge in [0.05, 0.1) is 16.0 Å². The van der Waals surface area contributed by atoms with Crippen molar-refractivity contribution in [1.82, 2.24) is 0 Å². The van der Waals surface area contributed by atoms with Crippen LogP contribution in [0.25, 0.3) is 0 Å². The molecule has 0 radical (unpaired) electrons. The summed E-state index contributed by atoms with van der Waals surface area (Å²) in [6.07, 6.45) is -2.16. The smallest absolute Gasteiger partial charge is 0.324 e. The number of nitrogens with two attached hydrogens (primary N) is 1. The molecule has 0 aliphatic heterocycles. The maximum absolute atomic E-state index is 13.1. The molecule has 0 saturated heterocycles. The fourth-order valence-electron chi connectivity index (χ4n) is 2.96. The summed E-state index contributed by atoms with van der Waals surface area (Å²) in [5.41, 5.74) is 6.69. The molecule has 112 valence electrons. The van der Waals surface area contributed by atoms with Gasteiger partial charge >= 0.3 is 6.18 Å². The van der Waals surface area contributed by atoms with Crippen LogP contribution in [0.2, 0.25) is 10.0 Å². The minimum Gasteiger partial charge on any atom is -0.324 e. The Morgan fingerprint density at radius 2 is 1.75 bits per heavy atom. The van der Waals surface area contributed by atoms with Crippen molar-refractivity contribution in [3.8, 4) is 0 Å². The Morgan fingerprint density at radius 3 is 2.35 bits per heavy atom. The number of hydrogen-bond acceptors (Lipinski definition) is 1. The van der Waals surface area contributed by atoms with Gasteiger partial charge < -0.3 is 5.73 Å². The van der Waals surface area contributed by atoms with Gasteiger partial charge in [-0.05, 0) is 36.5 Å². The molecule has 3 atom stereocenters. The number of benzene rings is 1. The minimum atomic E-state index is -4.20. The second-order valence-corrected chi connectivity index (χ2v) is 6.11. The van der Waals surface area contributed by atoms with E-state index in [4.69, 9.17) is 28.9 Å². The molecule has 1 aliphatic carbocycles. The summed E-state index contributed by atoms with van der Waals surface area (Å²) in [4.78, 5) is 0. The van der Waals surface area contributed by atoms with Gasteiger partial charge in [0.1, 0.15) is 0 Å². The third kappa shape index (κ3) is 3.41. The van der Waals surface area contributed by atoms with E-state index in [1.807, 2.05) is 0 Å². The molecule has 0 heterocycles. The number of rotatable bonds is 2. The average Bonchev–Trinajstić information content (AvgIpc) is 2.40. The van der Waals surface area contributed by atoms with Gasteiger partial charge in [0.15, 0.2) is 0 Å². The van der Waals surface area contributed by atoms with Crippen LogP contribution in [0.5, 0.6) is 0 Å². The number of hydrogen-bond donors (Lipinski definition) is 1. The standard InChI is InChI=1S/C14H16Cl2F3N/c15-11-6-5-8(7-12(11)16)13(20)9-3-1-2-4-10(9)14(17,18)19/h5-7,9-10,13H,1-4,20H2. The van der Waals surface area contributed by atoms with E-state index in [1.54, 1.807) is 18.2 Å². The van der Waals surface area contributed by atoms with E-state index in [0.717, 1.165) is 6.42 Å². The maximum Gasteiger partial charge on any atom is 0.392 e. The van der Waals surface area contributed by atoms with E-state index in [-0.39, 0.29) is 6.42 Å². The molecule has 0 spiro atoms. The summed E-state index contributed by atoms with van der Waals surface area (Å²) in [6.45, 7) is 0. The first kappa shape index (κ1) is 15.9. The van der Waals surface area contributed by atoms with Crippen LogP contribution in [0, 0.1) is 11.8 Å². The third-order valence-corrected chi connectivity index (χ3v) is 4.77. The zero-order chi connectivity index (χ0) is 14.9. The SMILES string of the molecule is NC(c1ccc(Cl)c(Cl)c1)C1CCCCC1C(F)(F)F. The summed E-state index contributed by atoms with van der Waals surface area (Å²) >= 11 is 11.7. The van der Waals surface area contributed by atoms with Crippen molar-refractivity contribution >= 4 is 23.2 Å². The maximum atomic E-state index is 13.1. The molecule has 1 aromatic rings. The zero-order valence-electron chi connectivity index (χ0n) is 10.8. The predicted octanol–water partition coefficient (Wildman–Crippen LogP) is 5.36. The molecule has 6 heteroatoms. The lowest BCUT2D eigenvalue weighted by Crippen LogP contribution is -2.38. The van der Waals surface area contributed by atoms with Crippen molar-refractivity contribution in [2.45, 2.75) is 37.9 Å². The van der Waals surface area contributed by atoms with Gasteiger partial charge in [0, 0.05) is 6.04 Å². The minimum absolute atomic E-state index is 0.156. The molecule has 1 fully saturated rings. The van der Waals surface area contributed by atoms with Crippen LogP contribution in [-0.2, 0) is 0 Å². The van der Waals surface area contributed by atoms with Gasteiger partial charge in [0.25, 0.3) is 0 Å². The molecule has 1 aromatic carbocycles. The quantitative estimate of drug-likeness (QED) is 0.778. The largest absolute Gasteiger partial charge is 0.392 e. The molecule has 3 unspecified atom stereocenters. The van der Waals surface area contributed by atoms with E-state index in [1.165, 1.54) is 0 Å². The molecular weight excluding hydrogens is 310 g/mol. The summed E-state index contributed by atoms with van der Waals surface area (Å²) in [5, 5.41) is 0.692. The summed E-state index contributed by atoms with van der Waals surface area (Å²) in [7, 11) is 0. The van der Waals surface area contributed by atoms with E-state index in [2.05, 4.69) is 0 Å². The molecule has 1 nitrogen and oxygen atoms in total. The highest BCUT2D eigenvalue weighted by Gasteiger charge is 2.47. The first-order valence-corrected chi connectivity index (χ1v) is 7.33. The molecule has 1 saturated carbocycles. The normalized spacial score (nSPS) is 25.5. The fraction of sp³-hybridized carbons (Fsp3) is 0.571. The van der Waals surface area contributed by atoms with Crippen molar-refractivity contribution in [2.75, 3.05) is 0 Å². The summed E-state index contributed by atoms with van der Waals surface area (Å²) in [6, 6.07) is 4.12. The van der Waals surface area contributed by atoms with Crippen molar-refractivity contribution in [1.29, 1.82) is 0 Å². The third-order valence-electron chi connectivity index (χ3n) is 4.03. The lowest BCUT2D eigenvalue weighted by atomic mass is 9.73. The highest BCUT2D eigenvalue weighted by molar-refractivity contribution is 6.42. The topological polar surface area (TPSA) is 26.0 Å². The number of alkyl halides is 3. The second-order valence-electron chi connectivity index (χ2n) is 5.30. The number of halogens is 5. The summed E-state index contributed by atoms with van der Waals surface area (Å²) in [5.74, 6) is -1.93. The van der Waals surface area contributed by atoms with Gasteiger partial charge in [0.2, 0.25) is 0 Å². The van der Waals surface area contributed by atoms with Crippen LogP contribution in [0.1, 0.15) is 37.3 Å². The average molecular weight is 326 g/mol. The van der Waals surface area contributed by atoms with E-state index in [0.29, 0.717) is 28.5 Å². The lowest BCUT2D eigenvalue weighted by Gasteiger charge is -2.36. The molecule has 0 bridgehead atoms. The van der Waals surface area contributed by atoms with Gasteiger partial charge in [-0.1, -0.05) is 42.1 Å². The lowest BCUT2D eigenvalue weighted by molar-refractivity contribution is -0.198. The van der Waals surface area contributed by atoms with Crippen molar-refractivity contribution in [2.24, 2.45) is 17.6 Å². The fourth-order valence-corrected chi connectivity index (χ4v) is 3.27. The van der Waals surface area contributed by atoms with Gasteiger partial charge in [-0.15, -0.1) is 0 Å². The Morgan fingerprint density at radius 1 is 1.10 bits per heavy atom. The molecular formula is C14H16Cl2F3N. The van der Waals surface area contributed by atoms with E-state index in [9.17, 15) is 13.2 Å². The van der Waals surface area contributed by atoms with Crippen LogP contribution in [0.15, 0.2) is 18.2 Å². The van der Waals surface area contributed by atoms with Gasteiger partial charge in [-0.25, -0.2) is 0 Å². The molecule has 20 heavy (non-hydrogen) atoms. The summed E-state index contributed by atoms with van der Waals surface area (Å²) < 4.78 is 39.3. The highest BCUT2D eigenvalue weighted by Crippen LogP contribution is 2.46. The first-order valence-electron chi connectivity index (χ1n) is 6.58. The molecule has 2 N–H and O–H groups in total. The van der Waals surface area contributed by atoms with Crippen molar-refractivity contribution < 1.29 is 13.2 Å². The predicted molar refractivity (Wildman–Crippen MR) is 74.9 cm³/mol. The van der Waals surface area contributed by atoms with Gasteiger partial charge in [-0.3, -0.25) is 0 Å². The van der Waals surface area contributed by atoms with Crippen molar-refractivity contribution in [3.05, 3.63) is 33.8 Å². The van der Waals surface area contributed by atoms with E-state index < -0.39 is 24.1 Å². The molecule has 1 aliphatic rings. The Bertz CT molecular complexity index is 476. The zero-order valence-corrected chi connectivity index (χ0v) is 12.3. The first-order chi connectivity index (χ1) is 9.30. The Balaban J connectivity index is 2.25. The second kappa shape index (κ2) is 6.12. The Labute approximate surface area is 126 Å². The van der Waals surface area contributed by atoms with E-state index >= 15 is 0 Å². The van der Waals surface area contributed by atoms with Gasteiger partial charge in [-0.2, -0.15) is 13.2 Å². The Hall–Kier alpha value is -0.450. The van der Waals surface area contributed by atoms with Crippen LogP contribution in [-0.4, -0.2) is 6.18 Å². The van der Waals surface area contributed by atoms with Crippen LogP contribution < -0.4 is 5.73 Å². The van der Waals surface area contributed by atoms with Crippen LogP contribution >= 0.6 is 23.2 Å². The Kier molecular flexibility index (Phi) is 4.88. The molecule has 2 rings (SSSR count).